The van der Waals surface area contributed by atoms with Crippen LogP contribution in [-0.4, -0.2) is 34.9 Å². The Morgan fingerprint density at radius 1 is 1.27 bits per heavy atom. The predicted octanol–water partition coefficient (Wildman–Crippen LogP) is 6.36. The topological polar surface area (TPSA) is 99.6 Å². The van der Waals surface area contributed by atoms with Crippen molar-refractivity contribution in [3.05, 3.63) is 68.9 Å². The van der Waals surface area contributed by atoms with E-state index in [0.29, 0.717) is 39.7 Å². The number of nitrogens with zero attached hydrogens (tertiary/aromatic N) is 3. The molecule has 6 rings (SSSR count). The summed E-state index contributed by atoms with van der Waals surface area (Å²) in [4.78, 5) is 13.6. The fourth-order valence-electron chi connectivity index (χ4n) is 5.66. The number of anilines is 1. The molecule has 0 amide bonds. The number of rotatable bonds is 7. The number of carboxylic acid groups (broad SMARTS) is 1. The van der Waals surface area contributed by atoms with E-state index in [2.05, 4.69) is 10.1 Å². The van der Waals surface area contributed by atoms with E-state index < -0.39 is 11.6 Å². The highest BCUT2D eigenvalue weighted by Crippen LogP contribution is 2.53. The van der Waals surface area contributed by atoms with Gasteiger partial charge < -0.3 is 19.3 Å². The number of halogens is 3. The van der Waals surface area contributed by atoms with Gasteiger partial charge in [0, 0.05) is 29.8 Å². The number of nitriles is 1. The lowest BCUT2D eigenvalue weighted by Crippen LogP contribution is -2.38. The average molecular weight is 542 g/mol. The van der Waals surface area contributed by atoms with Crippen LogP contribution >= 0.6 is 23.2 Å². The number of carboxylic acids is 1. The standard InChI is InChI=1S/C27H22Cl2FN3O4/c28-20-2-1-3-21(29)23(20)24-19(25(37-32-24)27(30)6-7-27)13-36-22-10-17-9-15(22)12-33(17)16-4-5-18(26(34)35)14(8-16)11-31/h1-5,8,15,17,22H,6-7,9-10,12-13H2,(H,34,35)/t15-,17-,22+/m0/s1. The molecule has 1 N–H and O–H groups in total. The lowest BCUT2D eigenvalue weighted by molar-refractivity contribution is 0.0114. The molecule has 7 nitrogen and oxygen atoms in total. The van der Waals surface area contributed by atoms with Gasteiger partial charge in [-0.05, 0) is 56.0 Å². The summed E-state index contributed by atoms with van der Waals surface area (Å²) in [6.07, 6.45) is 2.39. The highest BCUT2D eigenvalue weighted by Gasteiger charge is 2.51. The van der Waals surface area contributed by atoms with Crippen LogP contribution in [0.15, 0.2) is 40.9 Å². The molecule has 2 aliphatic carbocycles. The molecule has 0 radical (unpaired) electrons. The summed E-state index contributed by atoms with van der Waals surface area (Å²) in [6.45, 7) is 0.848. The zero-order valence-corrected chi connectivity index (χ0v) is 21.1. The van der Waals surface area contributed by atoms with Gasteiger partial charge in [0.1, 0.15) is 11.8 Å². The van der Waals surface area contributed by atoms with Crippen molar-refractivity contribution in [1.82, 2.24) is 5.16 Å². The normalized spacial score (nSPS) is 23.3. The Kier molecular flexibility index (Phi) is 5.90. The van der Waals surface area contributed by atoms with Gasteiger partial charge >= 0.3 is 5.97 Å². The molecule has 0 unspecified atom stereocenters. The first-order chi connectivity index (χ1) is 17.8. The maximum absolute atomic E-state index is 15.1. The molecule has 10 heteroatoms. The van der Waals surface area contributed by atoms with Crippen molar-refractivity contribution in [2.45, 2.75) is 50.1 Å². The summed E-state index contributed by atoms with van der Waals surface area (Å²) in [5, 5.41) is 23.6. The minimum atomic E-state index is -1.54. The molecule has 3 atom stereocenters. The minimum Gasteiger partial charge on any atom is -0.478 e. The van der Waals surface area contributed by atoms with Crippen LogP contribution in [0.1, 0.15) is 52.9 Å². The number of piperidine rings is 1. The van der Waals surface area contributed by atoms with Crippen molar-refractivity contribution in [3.8, 4) is 17.3 Å². The molecule has 1 saturated heterocycles. The molecule has 2 saturated carbocycles. The van der Waals surface area contributed by atoms with Gasteiger partial charge in [-0.3, -0.25) is 0 Å². The Hall–Kier alpha value is -3.12. The number of fused-ring (bicyclic) bond motifs is 2. The number of carbonyl (C=O) groups is 1. The Balaban J connectivity index is 1.20. The maximum Gasteiger partial charge on any atom is 0.337 e. The average Bonchev–Trinajstić information content (AvgIpc) is 3.22. The van der Waals surface area contributed by atoms with Crippen molar-refractivity contribution in [3.63, 3.8) is 0 Å². The summed E-state index contributed by atoms with van der Waals surface area (Å²) in [5.41, 5.74) is 0.880. The molecular weight excluding hydrogens is 520 g/mol. The largest absolute Gasteiger partial charge is 0.478 e. The van der Waals surface area contributed by atoms with Gasteiger partial charge in [-0.2, -0.15) is 5.26 Å². The third-order valence-corrected chi connectivity index (χ3v) is 8.32. The van der Waals surface area contributed by atoms with E-state index in [9.17, 15) is 15.2 Å². The summed E-state index contributed by atoms with van der Waals surface area (Å²) in [7, 11) is 0. The SMILES string of the molecule is N#Cc1cc(N2C[C@@H]3C[C@H]2C[C@H]3OCc2c(-c3c(Cl)cccc3Cl)noc2C2(F)CC2)ccc1C(=O)O. The number of alkyl halides is 1. The van der Waals surface area contributed by atoms with Crippen LogP contribution in [0.4, 0.5) is 10.1 Å². The molecular formula is C27H22Cl2FN3O4. The lowest BCUT2D eigenvalue weighted by atomic mass is 10.0. The third-order valence-electron chi connectivity index (χ3n) is 7.69. The van der Waals surface area contributed by atoms with Crippen LogP contribution in [0, 0.1) is 17.2 Å². The minimum absolute atomic E-state index is 0.00272. The van der Waals surface area contributed by atoms with Crippen molar-refractivity contribution >= 4 is 34.9 Å². The molecule has 3 fully saturated rings. The highest BCUT2D eigenvalue weighted by atomic mass is 35.5. The fourth-order valence-corrected chi connectivity index (χ4v) is 6.24. The summed E-state index contributed by atoms with van der Waals surface area (Å²) in [6, 6.07) is 12.2. The van der Waals surface area contributed by atoms with Gasteiger partial charge in [0.15, 0.2) is 11.4 Å². The van der Waals surface area contributed by atoms with Crippen molar-refractivity contribution < 1.29 is 23.6 Å². The Morgan fingerprint density at radius 3 is 2.65 bits per heavy atom. The van der Waals surface area contributed by atoms with E-state index in [1.807, 2.05) is 6.07 Å². The zero-order chi connectivity index (χ0) is 25.9. The zero-order valence-electron chi connectivity index (χ0n) is 19.6. The third kappa shape index (κ3) is 4.15. The first-order valence-electron chi connectivity index (χ1n) is 12.1. The molecule has 3 aromatic rings. The molecule has 1 aliphatic heterocycles. The lowest BCUT2D eigenvalue weighted by Gasteiger charge is -2.33. The van der Waals surface area contributed by atoms with E-state index in [-0.39, 0.29) is 41.6 Å². The van der Waals surface area contributed by atoms with Crippen LogP contribution in [0.5, 0.6) is 0 Å². The van der Waals surface area contributed by atoms with Crippen molar-refractivity contribution in [1.29, 1.82) is 5.26 Å². The Morgan fingerprint density at radius 2 is 2.03 bits per heavy atom. The summed E-state index contributed by atoms with van der Waals surface area (Å²) in [5.74, 6) is -0.692. The van der Waals surface area contributed by atoms with Gasteiger partial charge in [-0.15, -0.1) is 0 Å². The van der Waals surface area contributed by atoms with Gasteiger partial charge in [0.2, 0.25) is 0 Å². The second-order valence-electron chi connectivity index (χ2n) is 9.93. The van der Waals surface area contributed by atoms with Gasteiger partial charge in [-0.25, -0.2) is 9.18 Å². The molecule has 190 valence electrons. The molecule has 1 aromatic heterocycles. The monoisotopic (exact) mass is 541 g/mol. The number of ether oxygens (including phenoxy) is 1. The highest BCUT2D eigenvalue weighted by molar-refractivity contribution is 6.39. The number of aromatic carboxylic acids is 1. The number of hydrogen-bond donors (Lipinski definition) is 1. The summed E-state index contributed by atoms with van der Waals surface area (Å²) >= 11 is 12.8. The molecule has 0 spiro atoms. The van der Waals surface area contributed by atoms with Crippen LogP contribution in [-0.2, 0) is 17.0 Å². The van der Waals surface area contributed by atoms with E-state index in [1.165, 1.54) is 6.07 Å². The number of benzene rings is 2. The van der Waals surface area contributed by atoms with Crippen LogP contribution < -0.4 is 4.90 Å². The van der Waals surface area contributed by atoms with Crippen LogP contribution in [0.2, 0.25) is 10.0 Å². The quantitative estimate of drug-likeness (QED) is 0.371. The molecule has 2 bridgehead atoms. The maximum atomic E-state index is 15.1. The van der Waals surface area contributed by atoms with Gasteiger partial charge in [0.25, 0.3) is 0 Å². The van der Waals surface area contributed by atoms with Crippen molar-refractivity contribution in [2.24, 2.45) is 5.92 Å². The Bertz CT molecular complexity index is 1430. The first kappa shape index (κ1) is 24.2. The van der Waals surface area contributed by atoms with Crippen LogP contribution in [0.25, 0.3) is 11.3 Å². The van der Waals surface area contributed by atoms with E-state index in [4.69, 9.17) is 32.5 Å². The summed E-state index contributed by atoms with van der Waals surface area (Å²) < 4.78 is 27.0. The Labute approximate surface area is 222 Å². The van der Waals surface area contributed by atoms with E-state index in [1.54, 1.807) is 30.3 Å². The molecule has 2 heterocycles. The fraction of sp³-hybridized carbons (Fsp3) is 0.370. The number of hydrogen-bond acceptors (Lipinski definition) is 6. The van der Waals surface area contributed by atoms with E-state index in [0.717, 1.165) is 25.1 Å². The van der Waals surface area contributed by atoms with Gasteiger partial charge in [0.05, 0.1) is 39.4 Å². The van der Waals surface area contributed by atoms with Gasteiger partial charge in [-0.1, -0.05) is 34.4 Å². The molecule has 3 aliphatic rings. The predicted molar refractivity (Wildman–Crippen MR) is 135 cm³/mol. The molecule has 2 aromatic carbocycles. The second kappa shape index (κ2) is 9.02. The first-order valence-corrected chi connectivity index (χ1v) is 12.8. The second-order valence-corrected chi connectivity index (χ2v) is 10.7. The van der Waals surface area contributed by atoms with Crippen molar-refractivity contribution in [2.75, 3.05) is 11.4 Å². The number of aromatic nitrogens is 1. The molecule has 37 heavy (non-hydrogen) atoms. The van der Waals surface area contributed by atoms with E-state index >= 15 is 4.39 Å². The van der Waals surface area contributed by atoms with Crippen LogP contribution in [0.3, 0.4) is 0 Å². The smallest absolute Gasteiger partial charge is 0.337 e.